The highest BCUT2D eigenvalue weighted by atomic mass is 79.9. The zero-order valence-corrected chi connectivity index (χ0v) is 13.0. The number of aryl methyl sites for hydroxylation is 1. The lowest BCUT2D eigenvalue weighted by atomic mass is 10.2. The van der Waals surface area contributed by atoms with Crippen molar-refractivity contribution in [3.63, 3.8) is 0 Å². The smallest absolute Gasteiger partial charge is 0.150 e. The topological polar surface area (TPSA) is 49.8 Å². The summed E-state index contributed by atoms with van der Waals surface area (Å²) in [6.07, 6.45) is 2.47. The Kier molecular flexibility index (Phi) is 4.89. The van der Waals surface area contributed by atoms with Crippen molar-refractivity contribution in [3.8, 4) is 0 Å². The number of halogens is 2. The van der Waals surface area contributed by atoms with Crippen LogP contribution >= 0.6 is 15.9 Å². The number of hydrogen-bond donors (Lipinski definition) is 2. The van der Waals surface area contributed by atoms with Crippen LogP contribution in [0.3, 0.4) is 0 Å². The fourth-order valence-corrected chi connectivity index (χ4v) is 2.08. The lowest BCUT2D eigenvalue weighted by Crippen LogP contribution is -2.05. The van der Waals surface area contributed by atoms with Crippen molar-refractivity contribution in [2.45, 2.75) is 20.3 Å². The minimum Gasteiger partial charge on any atom is -0.369 e. The van der Waals surface area contributed by atoms with Crippen molar-refractivity contribution in [2.24, 2.45) is 0 Å². The third kappa shape index (κ3) is 3.45. The molecule has 0 atom stereocenters. The molecule has 2 aromatic rings. The monoisotopic (exact) mass is 338 g/mol. The molecule has 0 radical (unpaired) electrons. The minimum absolute atomic E-state index is 0.246. The molecular formula is C14H16BrFN4. The van der Waals surface area contributed by atoms with Crippen LogP contribution in [0, 0.1) is 12.7 Å². The third-order valence-corrected chi connectivity index (χ3v) is 3.52. The fourth-order valence-electron chi connectivity index (χ4n) is 1.63. The predicted octanol–water partition coefficient (Wildman–Crippen LogP) is 4.25. The van der Waals surface area contributed by atoms with Crippen LogP contribution in [0.2, 0.25) is 0 Å². The number of anilines is 3. The summed E-state index contributed by atoms with van der Waals surface area (Å²) in [5.41, 5.74) is 1.26. The zero-order chi connectivity index (χ0) is 14.5. The van der Waals surface area contributed by atoms with Crippen molar-refractivity contribution in [3.05, 3.63) is 40.4 Å². The molecule has 1 aromatic carbocycles. The Balaban J connectivity index is 2.22. The van der Waals surface area contributed by atoms with Gasteiger partial charge in [0.1, 0.15) is 28.3 Å². The van der Waals surface area contributed by atoms with Crippen molar-refractivity contribution < 1.29 is 4.39 Å². The van der Waals surface area contributed by atoms with Crippen LogP contribution in [0.25, 0.3) is 0 Å². The van der Waals surface area contributed by atoms with Crippen LogP contribution in [0.15, 0.2) is 29.0 Å². The van der Waals surface area contributed by atoms with E-state index >= 15 is 0 Å². The van der Waals surface area contributed by atoms with Crippen LogP contribution in [0.4, 0.5) is 21.7 Å². The van der Waals surface area contributed by atoms with Gasteiger partial charge in [-0.2, -0.15) is 0 Å². The molecule has 0 saturated carbocycles. The standard InChI is InChI=1S/C14H16BrFN4/c1-3-6-17-13-12(15)14(19-8-18-13)20-10-5-4-9(2)11(16)7-10/h4-5,7-8H,3,6H2,1-2H3,(H2,17,18,19,20). The van der Waals surface area contributed by atoms with E-state index < -0.39 is 0 Å². The summed E-state index contributed by atoms with van der Waals surface area (Å²) in [4.78, 5) is 8.33. The van der Waals surface area contributed by atoms with Gasteiger partial charge < -0.3 is 10.6 Å². The number of aromatic nitrogens is 2. The van der Waals surface area contributed by atoms with Gasteiger partial charge in [-0.3, -0.25) is 0 Å². The maximum atomic E-state index is 13.5. The van der Waals surface area contributed by atoms with Gasteiger partial charge >= 0.3 is 0 Å². The van der Waals surface area contributed by atoms with Crippen LogP contribution < -0.4 is 10.6 Å². The van der Waals surface area contributed by atoms with Crippen molar-refractivity contribution in [1.82, 2.24) is 9.97 Å². The van der Waals surface area contributed by atoms with Gasteiger partial charge in [-0.25, -0.2) is 14.4 Å². The highest BCUT2D eigenvalue weighted by Crippen LogP contribution is 2.29. The van der Waals surface area contributed by atoms with Gasteiger partial charge in [0.05, 0.1) is 0 Å². The predicted molar refractivity (Wildman–Crippen MR) is 82.9 cm³/mol. The highest BCUT2D eigenvalue weighted by molar-refractivity contribution is 9.10. The molecule has 0 saturated heterocycles. The van der Waals surface area contributed by atoms with Gasteiger partial charge in [0.15, 0.2) is 0 Å². The Morgan fingerprint density at radius 1 is 1.25 bits per heavy atom. The van der Waals surface area contributed by atoms with Crippen molar-refractivity contribution in [1.29, 1.82) is 0 Å². The normalized spacial score (nSPS) is 10.4. The second kappa shape index (κ2) is 6.65. The second-order valence-electron chi connectivity index (χ2n) is 4.40. The van der Waals surface area contributed by atoms with E-state index in [1.54, 1.807) is 13.0 Å². The summed E-state index contributed by atoms with van der Waals surface area (Å²) >= 11 is 3.46. The first-order valence-electron chi connectivity index (χ1n) is 6.39. The molecular weight excluding hydrogens is 323 g/mol. The van der Waals surface area contributed by atoms with Crippen LogP contribution in [0.1, 0.15) is 18.9 Å². The molecule has 0 amide bonds. The molecule has 4 nitrogen and oxygen atoms in total. The highest BCUT2D eigenvalue weighted by Gasteiger charge is 2.09. The van der Waals surface area contributed by atoms with Gasteiger partial charge in [-0.05, 0) is 47.0 Å². The Hall–Kier alpha value is -1.69. The summed E-state index contributed by atoms with van der Waals surface area (Å²) in [6, 6.07) is 4.98. The fraction of sp³-hybridized carbons (Fsp3) is 0.286. The van der Waals surface area contributed by atoms with Gasteiger partial charge in [0.2, 0.25) is 0 Å². The molecule has 106 valence electrons. The lowest BCUT2D eigenvalue weighted by molar-refractivity contribution is 0.619. The Morgan fingerprint density at radius 2 is 2.00 bits per heavy atom. The van der Waals surface area contributed by atoms with Gasteiger partial charge in [0.25, 0.3) is 0 Å². The molecule has 1 heterocycles. The average molecular weight is 339 g/mol. The molecule has 1 aromatic heterocycles. The lowest BCUT2D eigenvalue weighted by Gasteiger charge is -2.11. The van der Waals surface area contributed by atoms with Crippen molar-refractivity contribution in [2.75, 3.05) is 17.2 Å². The second-order valence-corrected chi connectivity index (χ2v) is 5.19. The van der Waals surface area contributed by atoms with E-state index in [1.807, 2.05) is 6.07 Å². The summed E-state index contributed by atoms with van der Waals surface area (Å²) in [5.74, 6) is 1.07. The number of benzene rings is 1. The van der Waals surface area contributed by atoms with E-state index in [9.17, 15) is 4.39 Å². The SMILES string of the molecule is CCCNc1ncnc(Nc2ccc(C)c(F)c2)c1Br. The van der Waals surface area contributed by atoms with Gasteiger partial charge in [-0.1, -0.05) is 13.0 Å². The van der Waals surface area contributed by atoms with Crippen LogP contribution in [0.5, 0.6) is 0 Å². The van der Waals surface area contributed by atoms with Crippen LogP contribution in [-0.2, 0) is 0 Å². The molecule has 2 N–H and O–H groups in total. The van der Waals surface area contributed by atoms with E-state index in [0.29, 0.717) is 17.1 Å². The van der Waals surface area contributed by atoms with E-state index in [4.69, 9.17) is 0 Å². The number of nitrogens with zero attached hydrogens (tertiary/aromatic N) is 2. The van der Waals surface area contributed by atoms with E-state index in [2.05, 4.69) is 43.5 Å². The Labute approximate surface area is 126 Å². The first kappa shape index (κ1) is 14.7. The van der Waals surface area contributed by atoms with Gasteiger partial charge in [0, 0.05) is 12.2 Å². The summed E-state index contributed by atoms with van der Waals surface area (Å²) in [6.45, 7) is 4.64. The third-order valence-electron chi connectivity index (χ3n) is 2.77. The summed E-state index contributed by atoms with van der Waals surface area (Å²) < 4.78 is 14.3. The summed E-state index contributed by atoms with van der Waals surface area (Å²) in [5, 5.41) is 6.28. The molecule has 0 aliphatic heterocycles. The molecule has 0 spiro atoms. The van der Waals surface area contributed by atoms with Gasteiger partial charge in [-0.15, -0.1) is 0 Å². The quantitative estimate of drug-likeness (QED) is 0.855. The number of hydrogen-bond acceptors (Lipinski definition) is 4. The molecule has 2 rings (SSSR count). The molecule has 20 heavy (non-hydrogen) atoms. The maximum absolute atomic E-state index is 13.5. The largest absolute Gasteiger partial charge is 0.369 e. The number of nitrogens with one attached hydrogen (secondary N) is 2. The number of rotatable bonds is 5. The molecule has 6 heteroatoms. The van der Waals surface area contributed by atoms with E-state index in [-0.39, 0.29) is 5.82 Å². The maximum Gasteiger partial charge on any atom is 0.150 e. The molecule has 0 aliphatic carbocycles. The zero-order valence-electron chi connectivity index (χ0n) is 11.4. The summed E-state index contributed by atoms with van der Waals surface area (Å²) in [7, 11) is 0. The minimum atomic E-state index is -0.246. The first-order valence-corrected chi connectivity index (χ1v) is 7.18. The van der Waals surface area contributed by atoms with E-state index in [0.717, 1.165) is 23.3 Å². The first-order chi connectivity index (χ1) is 9.61. The molecule has 0 aliphatic rings. The van der Waals surface area contributed by atoms with Crippen LogP contribution in [-0.4, -0.2) is 16.5 Å². The molecule has 0 unspecified atom stereocenters. The van der Waals surface area contributed by atoms with E-state index in [1.165, 1.54) is 12.4 Å². The Morgan fingerprint density at radius 3 is 2.70 bits per heavy atom. The average Bonchev–Trinajstić information content (AvgIpc) is 2.44. The van der Waals surface area contributed by atoms with Crippen molar-refractivity contribution >= 4 is 33.3 Å². The molecule has 0 bridgehead atoms. The Bertz CT molecular complexity index is 604. The molecule has 0 fully saturated rings.